The predicted octanol–water partition coefficient (Wildman–Crippen LogP) is 4.68. The van der Waals surface area contributed by atoms with Gasteiger partial charge in [-0.1, -0.05) is 26.0 Å². The molecule has 1 aliphatic rings. The zero-order chi connectivity index (χ0) is 15.5. The Morgan fingerprint density at radius 2 is 1.81 bits per heavy atom. The Morgan fingerprint density at radius 1 is 1.14 bits per heavy atom. The van der Waals surface area contributed by atoms with Crippen molar-refractivity contribution in [2.75, 3.05) is 13.1 Å². The summed E-state index contributed by atoms with van der Waals surface area (Å²) in [5.41, 5.74) is 0.977. The first-order valence-corrected chi connectivity index (χ1v) is 7.89. The smallest absolute Gasteiger partial charge is 0.300 e. The van der Waals surface area contributed by atoms with Crippen LogP contribution in [0.15, 0.2) is 18.2 Å². The van der Waals surface area contributed by atoms with Gasteiger partial charge >= 0.3 is 6.18 Å². The molecular weight excluding hydrogens is 275 g/mol. The second-order valence-corrected chi connectivity index (χ2v) is 5.87. The topological polar surface area (TPSA) is 3.24 Å². The number of aryl methyl sites for hydroxylation is 1. The lowest BCUT2D eigenvalue weighted by Crippen LogP contribution is -2.40. The second kappa shape index (κ2) is 6.82. The molecule has 1 unspecified atom stereocenters. The maximum absolute atomic E-state index is 13.2. The summed E-state index contributed by atoms with van der Waals surface area (Å²) in [6.07, 6.45) is 0.106. The molecule has 0 spiro atoms. The van der Waals surface area contributed by atoms with Crippen molar-refractivity contribution in [2.45, 2.75) is 58.2 Å². The molecule has 2 rings (SSSR count). The number of fused-ring (bicyclic) bond motifs is 1. The summed E-state index contributed by atoms with van der Waals surface area (Å²) in [6, 6.07) is 4.87. The van der Waals surface area contributed by atoms with Crippen molar-refractivity contribution in [1.29, 1.82) is 0 Å². The molecule has 118 valence electrons. The molecule has 1 aliphatic carbocycles. The van der Waals surface area contributed by atoms with Gasteiger partial charge in [0, 0.05) is 6.04 Å². The first-order valence-electron chi connectivity index (χ1n) is 7.89. The average Bonchev–Trinajstić information content (AvgIpc) is 2.45. The highest BCUT2D eigenvalue weighted by Crippen LogP contribution is 2.37. The molecule has 21 heavy (non-hydrogen) atoms. The highest BCUT2D eigenvalue weighted by Gasteiger charge is 2.36. The van der Waals surface area contributed by atoms with Crippen LogP contribution in [0.5, 0.6) is 0 Å². The van der Waals surface area contributed by atoms with Crippen molar-refractivity contribution < 1.29 is 13.2 Å². The van der Waals surface area contributed by atoms with E-state index >= 15 is 0 Å². The molecule has 4 heteroatoms. The average molecular weight is 299 g/mol. The molecule has 1 aromatic rings. The van der Waals surface area contributed by atoms with Crippen LogP contribution in [0.2, 0.25) is 0 Å². The SMILES string of the molecule is CCCN(CCC)C1CCc2cccc(C(F)(F)F)c2C1. The summed E-state index contributed by atoms with van der Waals surface area (Å²) in [6.45, 7) is 6.20. The molecule has 0 amide bonds. The van der Waals surface area contributed by atoms with E-state index in [-0.39, 0.29) is 6.04 Å². The lowest BCUT2D eigenvalue weighted by molar-refractivity contribution is -0.138. The van der Waals surface area contributed by atoms with Gasteiger partial charge in [0.2, 0.25) is 0 Å². The summed E-state index contributed by atoms with van der Waals surface area (Å²) >= 11 is 0. The Morgan fingerprint density at radius 3 is 2.38 bits per heavy atom. The van der Waals surface area contributed by atoms with E-state index in [9.17, 15) is 13.2 Å². The maximum Gasteiger partial charge on any atom is 0.416 e. The van der Waals surface area contributed by atoms with E-state index in [0.717, 1.165) is 44.3 Å². The summed E-state index contributed by atoms with van der Waals surface area (Å²) < 4.78 is 39.6. The number of rotatable bonds is 5. The molecule has 0 saturated heterocycles. The molecule has 0 fully saturated rings. The largest absolute Gasteiger partial charge is 0.416 e. The number of nitrogens with zero attached hydrogens (tertiary/aromatic N) is 1. The van der Waals surface area contributed by atoms with E-state index < -0.39 is 11.7 Å². The first-order chi connectivity index (χ1) is 9.97. The highest BCUT2D eigenvalue weighted by atomic mass is 19.4. The van der Waals surface area contributed by atoms with Crippen LogP contribution in [0.25, 0.3) is 0 Å². The monoisotopic (exact) mass is 299 g/mol. The predicted molar refractivity (Wildman–Crippen MR) is 79.4 cm³/mol. The molecule has 0 N–H and O–H groups in total. The minimum absolute atomic E-state index is 0.251. The third kappa shape index (κ3) is 3.79. The number of hydrogen-bond donors (Lipinski definition) is 0. The van der Waals surface area contributed by atoms with Crippen LogP contribution < -0.4 is 0 Å². The van der Waals surface area contributed by atoms with Gasteiger partial charge in [0.1, 0.15) is 0 Å². The van der Waals surface area contributed by atoms with Crippen LogP contribution in [0.1, 0.15) is 49.8 Å². The van der Waals surface area contributed by atoms with Crippen LogP contribution in [0.3, 0.4) is 0 Å². The quantitative estimate of drug-likeness (QED) is 0.762. The Labute approximate surface area is 125 Å². The van der Waals surface area contributed by atoms with Gasteiger partial charge in [-0.05, 0) is 62.4 Å². The molecular formula is C17H24F3N. The van der Waals surface area contributed by atoms with Crippen molar-refractivity contribution in [3.63, 3.8) is 0 Å². The normalized spacial score (nSPS) is 18.9. The van der Waals surface area contributed by atoms with Gasteiger partial charge in [0.15, 0.2) is 0 Å². The Kier molecular flexibility index (Phi) is 5.31. The summed E-state index contributed by atoms with van der Waals surface area (Å²) in [5, 5.41) is 0. The van der Waals surface area contributed by atoms with E-state index in [1.54, 1.807) is 0 Å². The first kappa shape index (κ1) is 16.3. The summed E-state index contributed by atoms with van der Waals surface area (Å²) in [7, 11) is 0. The summed E-state index contributed by atoms with van der Waals surface area (Å²) in [5.74, 6) is 0. The molecule has 0 saturated carbocycles. The van der Waals surface area contributed by atoms with Crippen LogP contribution in [-0.2, 0) is 19.0 Å². The zero-order valence-electron chi connectivity index (χ0n) is 12.8. The van der Waals surface area contributed by atoms with E-state index in [0.29, 0.717) is 12.0 Å². The zero-order valence-corrected chi connectivity index (χ0v) is 12.8. The Hall–Kier alpha value is -1.03. The fourth-order valence-electron chi connectivity index (χ4n) is 3.40. The van der Waals surface area contributed by atoms with E-state index in [1.807, 2.05) is 6.07 Å². The number of halogens is 3. The highest BCUT2D eigenvalue weighted by molar-refractivity contribution is 5.39. The molecule has 1 atom stereocenters. The van der Waals surface area contributed by atoms with Crippen molar-refractivity contribution in [1.82, 2.24) is 4.90 Å². The van der Waals surface area contributed by atoms with Crippen LogP contribution >= 0.6 is 0 Å². The molecule has 1 nitrogen and oxygen atoms in total. The van der Waals surface area contributed by atoms with Crippen LogP contribution in [0, 0.1) is 0 Å². The number of benzene rings is 1. The fourth-order valence-corrected chi connectivity index (χ4v) is 3.40. The molecule has 0 aromatic heterocycles. The van der Waals surface area contributed by atoms with Crippen LogP contribution in [0.4, 0.5) is 13.2 Å². The van der Waals surface area contributed by atoms with Gasteiger partial charge in [0.25, 0.3) is 0 Å². The number of hydrogen-bond acceptors (Lipinski definition) is 1. The fraction of sp³-hybridized carbons (Fsp3) is 0.647. The van der Waals surface area contributed by atoms with Gasteiger partial charge in [-0.2, -0.15) is 13.2 Å². The van der Waals surface area contributed by atoms with Crippen molar-refractivity contribution in [3.05, 3.63) is 34.9 Å². The number of alkyl halides is 3. The summed E-state index contributed by atoms with van der Waals surface area (Å²) in [4.78, 5) is 2.37. The molecule has 1 aromatic carbocycles. The van der Waals surface area contributed by atoms with Crippen LogP contribution in [-0.4, -0.2) is 24.0 Å². The molecule has 0 aliphatic heterocycles. The van der Waals surface area contributed by atoms with Crippen molar-refractivity contribution >= 4 is 0 Å². The minimum atomic E-state index is -4.24. The van der Waals surface area contributed by atoms with Gasteiger partial charge in [0.05, 0.1) is 5.56 Å². The lowest BCUT2D eigenvalue weighted by Gasteiger charge is -2.36. The third-order valence-electron chi connectivity index (χ3n) is 4.30. The van der Waals surface area contributed by atoms with Crippen molar-refractivity contribution in [3.8, 4) is 0 Å². The maximum atomic E-state index is 13.2. The van der Waals surface area contributed by atoms with Gasteiger partial charge in [-0.25, -0.2) is 0 Å². The lowest BCUT2D eigenvalue weighted by atomic mass is 9.84. The van der Waals surface area contributed by atoms with E-state index in [4.69, 9.17) is 0 Å². The Bertz CT molecular complexity index is 462. The second-order valence-electron chi connectivity index (χ2n) is 5.87. The van der Waals surface area contributed by atoms with Gasteiger partial charge in [-0.15, -0.1) is 0 Å². The third-order valence-corrected chi connectivity index (χ3v) is 4.30. The standard InChI is InChI=1S/C17H24F3N/c1-3-10-21(11-4-2)14-9-8-13-6-5-7-16(15(13)12-14)17(18,19)20/h5-7,14H,3-4,8-12H2,1-2H3. The van der Waals surface area contributed by atoms with E-state index in [2.05, 4.69) is 18.7 Å². The van der Waals surface area contributed by atoms with Crippen molar-refractivity contribution in [2.24, 2.45) is 0 Å². The molecule has 0 heterocycles. The van der Waals surface area contributed by atoms with E-state index in [1.165, 1.54) is 12.1 Å². The Balaban J connectivity index is 2.26. The van der Waals surface area contributed by atoms with Gasteiger partial charge < -0.3 is 4.90 Å². The minimum Gasteiger partial charge on any atom is -0.300 e. The molecule has 0 bridgehead atoms. The van der Waals surface area contributed by atoms with Gasteiger partial charge in [-0.3, -0.25) is 0 Å². The molecule has 0 radical (unpaired) electrons.